The number of aliphatic carboxylic acids is 1. The molecule has 3 N–H and O–H groups in total. The van der Waals surface area contributed by atoms with E-state index < -0.39 is 18.1 Å². The predicted molar refractivity (Wildman–Crippen MR) is 61.9 cm³/mol. The molecule has 8 heteroatoms. The second-order valence-corrected chi connectivity index (χ2v) is 4.05. The SMILES string of the molecule is Nc1cc(Br)cc(/C=C/C(=O)O)c1OC(F)(F)F. The van der Waals surface area contributed by atoms with Gasteiger partial charge in [-0.1, -0.05) is 15.9 Å². The van der Waals surface area contributed by atoms with E-state index in [0.29, 0.717) is 10.5 Å². The topological polar surface area (TPSA) is 72.6 Å². The smallest absolute Gasteiger partial charge is 0.478 e. The molecule has 0 unspecified atom stereocenters. The van der Waals surface area contributed by atoms with Crippen molar-refractivity contribution in [3.05, 3.63) is 28.2 Å². The molecule has 0 amide bonds. The van der Waals surface area contributed by atoms with Crippen molar-refractivity contribution in [3.63, 3.8) is 0 Å². The number of carboxylic acid groups (broad SMARTS) is 1. The van der Waals surface area contributed by atoms with E-state index in [1.807, 2.05) is 0 Å². The van der Waals surface area contributed by atoms with Crippen molar-refractivity contribution in [3.8, 4) is 5.75 Å². The standard InChI is InChI=1S/C10H7BrF3NO3/c11-6-3-5(1-2-8(16)17)9(7(15)4-6)18-10(12,13)14/h1-4H,15H2,(H,16,17)/b2-1+. The molecule has 4 nitrogen and oxygen atoms in total. The fourth-order valence-electron chi connectivity index (χ4n) is 1.15. The van der Waals surface area contributed by atoms with Gasteiger partial charge in [0.15, 0.2) is 5.75 Å². The lowest BCUT2D eigenvalue weighted by atomic mass is 10.1. The van der Waals surface area contributed by atoms with Crippen molar-refractivity contribution in [2.24, 2.45) is 0 Å². The normalized spacial score (nSPS) is 11.8. The Labute approximate surface area is 108 Å². The van der Waals surface area contributed by atoms with Crippen LogP contribution in [-0.2, 0) is 4.79 Å². The van der Waals surface area contributed by atoms with E-state index in [9.17, 15) is 18.0 Å². The number of carbonyl (C=O) groups is 1. The van der Waals surface area contributed by atoms with Crippen LogP contribution < -0.4 is 10.5 Å². The molecule has 1 aromatic rings. The van der Waals surface area contributed by atoms with Crippen LogP contribution in [0.4, 0.5) is 18.9 Å². The Hall–Kier alpha value is -1.70. The highest BCUT2D eigenvalue weighted by molar-refractivity contribution is 9.10. The maximum Gasteiger partial charge on any atom is 0.573 e. The molecular weight excluding hydrogens is 319 g/mol. The first-order valence-electron chi connectivity index (χ1n) is 4.45. The Bertz CT molecular complexity index is 500. The van der Waals surface area contributed by atoms with Gasteiger partial charge in [0.25, 0.3) is 0 Å². The number of benzene rings is 1. The molecule has 0 saturated carbocycles. The molecule has 0 fully saturated rings. The largest absolute Gasteiger partial charge is 0.573 e. The van der Waals surface area contributed by atoms with E-state index >= 15 is 0 Å². The molecule has 0 spiro atoms. The van der Waals surface area contributed by atoms with Crippen LogP contribution in [0.2, 0.25) is 0 Å². The lowest BCUT2D eigenvalue weighted by Gasteiger charge is -2.14. The summed E-state index contributed by atoms with van der Waals surface area (Å²) in [6.07, 6.45) is -3.26. The lowest BCUT2D eigenvalue weighted by molar-refractivity contribution is -0.274. The summed E-state index contributed by atoms with van der Waals surface area (Å²) in [5, 5.41) is 8.44. The first-order chi connectivity index (χ1) is 8.19. The number of alkyl halides is 3. The minimum absolute atomic E-state index is 0.0957. The number of hydrogen-bond donors (Lipinski definition) is 2. The molecular formula is C10H7BrF3NO3. The number of rotatable bonds is 3. The summed E-state index contributed by atoms with van der Waals surface area (Å²) in [6, 6.07) is 2.48. The third-order valence-electron chi connectivity index (χ3n) is 1.73. The van der Waals surface area contributed by atoms with Crippen LogP contribution >= 0.6 is 15.9 Å². The second kappa shape index (κ2) is 5.30. The Balaban J connectivity index is 3.25. The van der Waals surface area contributed by atoms with Crippen molar-refractivity contribution in [2.75, 3.05) is 5.73 Å². The summed E-state index contributed by atoms with van der Waals surface area (Å²) in [5.41, 5.74) is 5.05. The zero-order chi connectivity index (χ0) is 13.9. The zero-order valence-corrected chi connectivity index (χ0v) is 10.2. The van der Waals surface area contributed by atoms with E-state index in [-0.39, 0.29) is 11.3 Å². The summed E-state index contributed by atoms with van der Waals surface area (Å²) >= 11 is 3.04. The monoisotopic (exact) mass is 325 g/mol. The van der Waals surface area contributed by atoms with E-state index in [1.54, 1.807) is 0 Å². The fraction of sp³-hybridized carbons (Fsp3) is 0.100. The maximum absolute atomic E-state index is 12.2. The minimum Gasteiger partial charge on any atom is -0.478 e. The molecule has 1 rings (SSSR count). The van der Waals surface area contributed by atoms with Crippen LogP contribution in [0.25, 0.3) is 6.08 Å². The van der Waals surface area contributed by atoms with Gasteiger partial charge in [0, 0.05) is 16.1 Å². The Morgan fingerprint density at radius 2 is 2.06 bits per heavy atom. The summed E-state index contributed by atoms with van der Waals surface area (Å²) in [7, 11) is 0. The summed E-state index contributed by atoms with van der Waals surface area (Å²) in [6.45, 7) is 0. The van der Waals surface area contributed by atoms with Crippen LogP contribution in [0.1, 0.15) is 5.56 Å². The average molecular weight is 326 g/mol. The third kappa shape index (κ3) is 4.28. The van der Waals surface area contributed by atoms with E-state index in [1.165, 1.54) is 12.1 Å². The third-order valence-corrected chi connectivity index (χ3v) is 2.19. The quantitative estimate of drug-likeness (QED) is 0.661. The highest BCUT2D eigenvalue weighted by Crippen LogP contribution is 2.35. The Morgan fingerprint density at radius 3 is 2.56 bits per heavy atom. The highest BCUT2D eigenvalue weighted by atomic mass is 79.9. The van der Waals surface area contributed by atoms with Crippen LogP contribution in [0.3, 0.4) is 0 Å². The Morgan fingerprint density at radius 1 is 1.44 bits per heavy atom. The van der Waals surface area contributed by atoms with E-state index in [4.69, 9.17) is 10.8 Å². The predicted octanol–water partition coefficient (Wildman–Crippen LogP) is 3.03. The summed E-state index contributed by atoms with van der Waals surface area (Å²) in [5.74, 6) is -1.94. The molecule has 0 aromatic heterocycles. The van der Waals surface area contributed by atoms with Gasteiger partial charge in [-0.2, -0.15) is 0 Å². The van der Waals surface area contributed by atoms with Gasteiger partial charge in [-0.3, -0.25) is 0 Å². The first-order valence-corrected chi connectivity index (χ1v) is 5.24. The second-order valence-electron chi connectivity index (χ2n) is 3.13. The zero-order valence-electron chi connectivity index (χ0n) is 8.66. The molecule has 1 aromatic carbocycles. The first kappa shape index (κ1) is 14.4. The number of nitrogen functional groups attached to an aromatic ring is 1. The maximum atomic E-state index is 12.2. The van der Waals surface area contributed by atoms with Gasteiger partial charge in [0.2, 0.25) is 0 Å². The van der Waals surface area contributed by atoms with Gasteiger partial charge in [-0.25, -0.2) is 4.79 Å². The van der Waals surface area contributed by atoms with Gasteiger partial charge in [-0.05, 0) is 18.2 Å². The van der Waals surface area contributed by atoms with Crippen molar-refractivity contribution in [2.45, 2.75) is 6.36 Å². The highest BCUT2D eigenvalue weighted by Gasteiger charge is 2.33. The number of ether oxygens (including phenoxy) is 1. The van der Waals surface area contributed by atoms with Crippen molar-refractivity contribution < 1.29 is 27.8 Å². The van der Waals surface area contributed by atoms with Crippen LogP contribution in [-0.4, -0.2) is 17.4 Å². The minimum atomic E-state index is -4.91. The van der Waals surface area contributed by atoms with E-state index in [2.05, 4.69) is 20.7 Å². The van der Waals surface area contributed by atoms with Crippen molar-refractivity contribution in [1.82, 2.24) is 0 Å². The Kier molecular flexibility index (Phi) is 4.23. The van der Waals surface area contributed by atoms with Crippen LogP contribution in [0.15, 0.2) is 22.7 Å². The lowest BCUT2D eigenvalue weighted by Crippen LogP contribution is -2.18. The number of halogens is 4. The molecule has 18 heavy (non-hydrogen) atoms. The molecule has 98 valence electrons. The molecule has 0 heterocycles. The van der Waals surface area contributed by atoms with Crippen molar-refractivity contribution in [1.29, 1.82) is 0 Å². The van der Waals surface area contributed by atoms with Gasteiger partial charge in [-0.15, -0.1) is 13.2 Å². The van der Waals surface area contributed by atoms with Gasteiger partial charge < -0.3 is 15.6 Å². The van der Waals surface area contributed by atoms with Crippen LogP contribution in [0, 0.1) is 0 Å². The number of nitrogens with two attached hydrogens (primary N) is 1. The number of hydrogen-bond acceptors (Lipinski definition) is 3. The molecule has 0 aliphatic heterocycles. The van der Waals surface area contributed by atoms with Gasteiger partial charge in [0.1, 0.15) is 0 Å². The van der Waals surface area contributed by atoms with Gasteiger partial charge >= 0.3 is 12.3 Å². The number of anilines is 1. The molecule has 0 aliphatic carbocycles. The van der Waals surface area contributed by atoms with Crippen LogP contribution in [0.5, 0.6) is 5.75 Å². The van der Waals surface area contributed by atoms with Crippen molar-refractivity contribution >= 4 is 33.7 Å². The van der Waals surface area contributed by atoms with Gasteiger partial charge in [0.05, 0.1) is 5.69 Å². The molecule has 0 bridgehead atoms. The molecule has 0 atom stereocenters. The molecule has 0 saturated heterocycles. The molecule has 0 aliphatic rings. The molecule has 0 radical (unpaired) electrons. The van der Waals surface area contributed by atoms with E-state index in [0.717, 1.165) is 6.08 Å². The average Bonchev–Trinajstić information content (AvgIpc) is 2.17. The number of carboxylic acids is 1. The summed E-state index contributed by atoms with van der Waals surface area (Å²) < 4.78 is 40.7. The fourth-order valence-corrected chi connectivity index (χ4v) is 1.65. The summed E-state index contributed by atoms with van der Waals surface area (Å²) in [4.78, 5) is 10.3.